The average molecular weight is 142 g/mol. The van der Waals surface area contributed by atoms with Gasteiger partial charge in [-0.2, -0.15) is 0 Å². The van der Waals surface area contributed by atoms with Crippen molar-refractivity contribution in [1.82, 2.24) is 0 Å². The lowest BCUT2D eigenvalue weighted by molar-refractivity contribution is -0.0686. The van der Waals surface area contributed by atoms with Crippen molar-refractivity contribution >= 4 is 0 Å². The smallest absolute Gasteiger partial charge is 0.0985 e. The number of aliphatic hydroxyl groups is 1. The fourth-order valence-corrected chi connectivity index (χ4v) is 0.604. The van der Waals surface area contributed by atoms with E-state index in [0.29, 0.717) is 6.42 Å². The second-order valence-electron chi connectivity index (χ2n) is 2.62. The van der Waals surface area contributed by atoms with Crippen LogP contribution >= 0.6 is 0 Å². The first-order valence-corrected chi connectivity index (χ1v) is 3.23. The third-order valence-electron chi connectivity index (χ3n) is 1.69. The number of hydrogen-bond acceptors (Lipinski definition) is 2. The van der Waals surface area contributed by atoms with Crippen molar-refractivity contribution in [2.75, 3.05) is 7.11 Å². The Morgan fingerprint density at radius 2 is 2.30 bits per heavy atom. The molecule has 0 aliphatic carbocycles. The zero-order chi connectivity index (χ0) is 8.20. The van der Waals surface area contributed by atoms with Crippen molar-refractivity contribution in [3.63, 3.8) is 0 Å². The van der Waals surface area contributed by atoms with Crippen LogP contribution in [0.5, 0.6) is 0 Å². The van der Waals surface area contributed by atoms with Gasteiger partial charge in [0.25, 0.3) is 0 Å². The van der Waals surface area contributed by atoms with E-state index in [1.165, 1.54) is 0 Å². The molecule has 0 aromatic heterocycles. The van der Waals surface area contributed by atoms with Crippen LogP contribution in [0.1, 0.15) is 20.3 Å². The van der Waals surface area contributed by atoms with E-state index in [-0.39, 0.29) is 6.10 Å². The van der Waals surface area contributed by atoms with Crippen molar-refractivity contribution in [2.45, 2.75) is 32.0 Å². The van der Waals surface area contributed by atoms with Gasteiger partial charge in [-0.1, -0.05) is 0 Å². The molecule has 0 saturated carbocycles. The Bertz CT molecular complexity index is 133. The van der Waals surface area contributed by atoms with Crippen molar-refractivity contribution in [3.05, 3.63) is 0 Å². The van der Waals surface area contributed by atoms with Crippen LogP contribution in [0.3, 0.4) is 0 Å². The number of hydrogen-bond donors (Lipinski definition) is 1. The third kappa shape index (κ3) is 2.38. The predicted molar refractivity (Wildman–Crippen MR) is 40.5 cm³/mol. The third-order valence-corrected chi connectivity index (χ3v) is 1.69. The highest BCUT2D eigenvalue weighted by atomic mass is 16.5. The summed E-state index contributed by atoms with van der Waals surface area (Å²) < 4.78 is 4.92. The highest BCUT2D eigenvalue weighted by Gasteiger charge is 2.26. The van der Waals surface area contributed by atoms with Gasteiger partial charge >= 0.3 is 0 Å². The molecule has 2 heteroatoms. The minimum Gasteiger partial charge on any atom is -0.386 e. The molecular weight excluding hydrogens is 128 g/mol. The molecular formula is C8H14O2. The van der Waals surface area contributed by atoms with Crippen molar-refractivity contribution < 1.29 is 9.84 Å². The van der Waals surface area contributed by atoms with Crippen molar-refractivity contribution in [3.8, 4) is 12.3 Å². The lowest BCUT2D eigenvalue weighted by Crippen LogP contribution is -2.37. The van der Waals surface area contributed by atoms with Gasteiger partial charge in [-0.25, -0.2) is 0 Å². The lowest BCUT2D eigenvalue weighted by Gasteiger charge is -2.26. The SMILES string of the molecule is C#CCC(C)(O)C(C)OC. The summed E-state index contributed by atoms with van der Waals surface area (Å²) in [5, 5.41) is 9.52. The molecule has 0 spiro atoms. The Morgan fingerprint density at radius 1 is 1.80 bits per heavy atom. The van der Waals surface area contributed by atoms with Gasteiger partial charge in [0.2, 0.25) is 0 Å². The Morgan fingerprint density at radius 3 is 2.60 bits per heavy atom. The summed E-state index contributed by atoms with van der Waals surface area (Å²) in [6.45, 7) is 3.46. The van der Waals surface area contributed by atoms with Crippen LogP contribution in [0.4, 0.5) is 0 Å². The summed E-state index contributed by atoms with van der Waals surface area (Å²) >= 11 is 0. The van der Waals surface area contributed by atoms with Crippen LogP contribution in [0.25, 0.3) is 0 Å². The van der Waals surface area contributed by atoms with Crippen LogP contribution in [0, 0.1) is 12.3 Å². The zero-order valence-electron chi connectivity index (χ0n) is 6.72. The largest absolute Gasteiger partial charge is 0.386 e. The molecule has 2 nitrogen and oxygen atoms in total. The van der Waals surface area contributed by atoms with Crippen LogP contribution in [-0.2, 0) is 4.74 Å². The summed E-state index contributed by atoms with van der Waals surface area (Å²) in [6.07, 6.45) is 5.14. The number of methoxy groups -OCH3 is 1. The van der Waals surface area contributed by atoms with Crippen LogP contribution < -0.4 is 0 Å². The maximum atomic E-state index is 9.52. The Hall–Kier alpha value is -0.520. The van der Waals surface area contributed by atoms with Crippen molar-refractivity contribution in [1.29, 1.82) is 0 Å². The molecule has 0 aromatic rings. The van der Waals surface area contributed by atoms with Gasteiger partial charge in [-0.3, -0.25) is 0 Å². The first-order valence-electron chi connectivity index (χ1n) is 3.23. The maximum absolute atomic E-state index is 9.52. The van der Waals surface area contributed by atoms with Gasteiger partial charge in [0.15, 0.2) is 0 Å². The van der Waals surface area contributed by atoms with Gasteiger partial charge in [-0.05, 0) is 13.8 Å². The molecule has 0 saturated heterocycles. The van der Waals surface area contributed by atoms with Crippen LogP contribution in [0.2, 0.25) is 0 Å². The first kappa shape index (κ1) is 9.48. The molecule has 1 N–H and O–H groups in total. The highest BCUT2D eigenvalue weighted by Crippen LogP contribution is 2.15. The molecule has 0 aliphatic rings. The molecule has 0 bridgehead atoms. The molecule has 0 aliphatic heterocycles. The minimum absolute atomic E-state index is 0.219. The number of rotatable bonds is 3. The second-order valence-corrected chi connectivity index (χ2v) is 2.62. The van der Waals surface area contributed by atoms with Gasteiger partial charge in [0, 0.05) is 13.5 Å². The summed E-state index contributed by atoms with van der Waals surface area (Å²) in [5.41, 5.74) is -0.899. The monoisotopic (exact) mass is 142 g/mol. The lowest BCUT2D eigenvalue weighted by atomic mass is 9.97. The number of ether oxygens (including phenoxy) is 1. The molecule has 10 heavy (non-hydrogen) atoms. The fraction of sp³-hybridized carbons (Fsp3) is 0.750. The molecule has 2 unspecified atom stereocenters. The molecule has 58 valence electrons. The van der Waals surface area contributed by atoms with E-state index >= 15 is 0 Å². The van der Waals surface area contributed by atoms with E-state index in [1.807, 2.05) is 0 Å². The normalized spacial score (nSPS) is 19.1. The maximum Gasteiger partial charge on any atom is 0.0985 e. The van der Waals surface area contributed by atoms with E-state index in [4.69, 9.17) is 11.2 Å². The van der Waals surface area contributed by atoms with Gasteiger partial charge in [-0.15, -0.1) is 12.3 Å². The predicted octanol–water partition coefficient (Wildman–Crippen LogP) is 0.796. The molecule has 2 atom stereocenters. The quantitative estimate of drug-likeness (QED) is 0.590. The van der Waals surface area contributed by atoms with Gasteiger partial charge < -0.3 is 9.84 Å². The van der Waals surface area contributed by atoms with Crippen LogP contribution in [-0.4, -0.2) is 23.9 Å². The molecule has 0 fully saturated rings. The molecule has 0 radical (unpaired) electrons. The standard InChI is InChI=1S/C8H14O2/c1-5-6-8(3,9)7(2)10-4/h1,7,9H,6H2,2-4H3. The van der Waals surface area contributed by atoms with E-state index < -0.39 is 5.60 Å². The second kappa shape index (κ2) is 3.60. The summed E-state index contributed by atoms with van der Waals surface area (Å²) in [6, 6.07) is 0. The Kier molecular flexibility index (Phi) is 3.41. The topological polar surface area (TPSA) is 29.5 Å². The van der Waals surface area contributed by atoms with Gasteiger partial charge in [0.05, 0.1) is 11.7 Å². The van der Waals surface area contributed by atoms with E-state index in [2.05, 4.69) is 5.92 Å². The number of terminal acetylenes is 1. The average Bonchev–Trinajstić information content (AvgIpc) is 1.86. The minimum atomic E-state index is -0.899. The highest BCUT2D eigenvalue weighted by molar-refractivity contribution is 4.95. The molecule has 0 amide bonds. The first-order chi connectivity index (χ1) is 4.54. The Balaban J connectivity index is 3.98. The van der Waals surface area contributed by atoms with E-state index in [1.54, 1.807) is 21.0 Å². The van der Waals surface area contributed by atoms with Gasteiger partial charge in [0.1, 0.15) is 0 Å². The molecule has 0 heterocycles. The summed E-state index contributed by atoms with van der Waals surface area (Å²) in [4.78, 5) is 0. The summed E-state index contributed by atoms with van der Waals surface area (Å²) in [7, 11) is 1.55. The Labute approximate surface area is 62.2 Å². The van der Waals surface area contributed by atoms with E-state index in [0.717, 1.165) is 0 Å². The molecule has 0 rings (SSSR count). The van der Waals surface area contributed by atoms with Crippen LogP contribution in [0.15, 0.2) is 0 Å². The van der Waals surface area contributed by atoms with E-state index in [9.17, 15) is 5.11 Å². The molecule has 0 aromatic carbocycles. The van der Waals surface area contributed by atoms with Crippen molar-refractivity contribution in [2.24, 2.45) is 0 Å². The summed E-state index contributed by atoms with van der Waals surface area (Å²) in [5.74, 6) is 2.39. The fourth-order valence-electron chi connectivity index (χ4n) is 0.604. The zero-order valence-corrected chi connectivity index (χ0v) is 6.72.